The quantitative estimate of drug-likeness (QED) is 0.513. The highest BCUT2D eigenvalue weighted by Crippen LogP contribution is 2.35. The minimum Gasteiger partial charge on any atom is -0.456 e. The molecule has 8 nitrogen and oxygen atoms in total. The Balaban J connectivity index is 1.18. The Hall–Kier alpha value is -2.90. The van der Waals surface area contributed by atoms with Crippen LogP contribution in [0, 0.1) is 0 Å². The molecule has 0 bridgehead atoms. The van der Waals surface area contributed by atoms with Gasteiger partial charge in [-0.25, -0.2) is 4.79 Å². The molecular weight excluding hydrogens is 398 g/mol. The van der Waals surface area contributed by atoms with Crippen molar-refractivity contribution >= 4 is 23.8 Å². The topological polar surface area (TPSA) is 105 Å². The van der Waals surface area contributed by atoms with Crippen molar-refractivity contribution < 1.29 is 23.9 Å². The number of benzene rings is 1. The van der Waals surface area contributed by atoms with Crippen molar-refractivity contribution in [2.45, 2.75) is 69.4 Å². The molecule has 1 aromatic carbocycles. The van der Waals surface area contributed by atoms with Crippen LogP contribution in [0.25, 0.3) is 0 Å². The van der Waals surface area contributed by atoms with Crippen molar-refractivity contribution in [2.24, 2.45) is 0 Å². The summed E-state index contributed by atoms with van der Waals surface area (Å²) < 4.78 is 5.09. The van der Waals surface area contributed by atoms with Gasteiger partial charge in [0, 0.05) is 13.0 Å². The second-order valence-electron chi connectivity index (χ2n) is 8.65. The van der Waals surface area contributed by atoms with E-state index in [1.807, 2.05) is 18.2 Å². The number of imide groups is 1. The molecule has 8 heteroatoms. The van der Waals surface area contributed by atoms with Crippen LogP contribution >= 0.6 is 0 Å². The normalized spacial score (nSPS) is 21.7. The molecule has 2 N–H and O–H groups in total. The number of carbonyl (C=O) groups is 4. The lowest BCUT2D eigenvalue weighted by Gasteiger charge is -2.26. The van der Waals surface area contributed by atoms with Gasteiger partial charge in [0.1, 0.15) is 5.54 Å². The monoisotopic (exact) mass is 427 g/mol. The summed E-state index contributed by atoms with van der Waals surface area (Å²) in [7, 11) is 0. The molecule has 0 aromatic heterocycles. The van der Waals surface area contributed by atoms with E-state index in [2.05, 4.69) is 16.7 Å². The van der Waals surface area contributed by atoms with Gasteiger partial charge in [-0.3, -0.25) is 19.3 Å². The standard InChI is InChI=1S/C23H29N3O5/c27-19(24-18-10-5-8-16-7-1-2-9-17(16)18)15-31-20(28)11-6-14-26-21(29)23(25-22(26)30)12-3-4-13-23/h1-2,7,9,18H,3-6,8,10-15H2,(H,24,27)(H,25,30)/t18-/m0/s1. The summed E-state index contributed by atoms with van der Waals surface area (Å²) in [5, 5.41) is 5.77. The smallest absolute Gasteiger partial charge is 0.325 e. The molecule has 1 saturated heterocycles. The van der Waals surface area contributed by atoms with Gasteiger partial charge >= 0.3 is 12.0 Å². The van der Waals surface area contributed by atoms with Crippen molar-refractivity contribution in [1.82, 2.24) is 15.5 Å². The Morgan fingerprint density at radius 3 is 2.74 bits per heavy atom. The molecule has 1 aromatic rings. The van der Waals surface area contributed by atoms with Crippen LogP contribution in [0.4, 0.5) is 4.79 Å². The number of esters is 1. The zero-order chi connectivity index (χ0) is 21.8. The van der Waals surface area contributed by atoms with Crippen LogP contribution in [0.1, 0.15) is 68.5 Å². The molecule has 166 valence electrons. The van der Waals surface area contributed by atoms with Gasteiger partial charge in [0.25, 0.3) is 11.8 Å². The molecule has 2 aliphatic carbocycles. The predicted octanol–water partition coefficient (Wildman–Crippen LogP) is 2.37. The second kappa shape index (κ2) is 9.08. The molecule has 1 aliphatic heterocycles. The molecule has 1 spiro atoms. The maximum Gasteiger partial charge on any atom is 0.325 e. The lowest BCUT2D eigenvalue weighted by Crippen LogP contribution is -2.44. The van der Waals surface area contributed by atoms with E-state index in [4.69, 9.17) is 4.74 Å². The number of urea groups is 1. The van der Waals surface area contributed by atoms with E-state index in [9.17, 15) is 19.2 Å². The third-order valence-electron chi connectivity index (χ3n) is 6.53. The van der Waals surface area contributed by atoms with Crippen LogP contribution in [-0.4, -0.2) is 47.4 Å². The fourth-order valence-electron chi connectivity index (χ4n) is 4.94. The third-order valence-corrected chi connectivity index (χ3v) is 6.53. The molecule has 4 amide bonds. The summed E-state index contributed by atoms with van der Waals surface area (Å²) in [6.45, 7) is -0.156. The van der Waals surface area contributed by atoms with Crippen LogP contribution in [0.3, 0.4) is 0 Å². The lowest BCUT2D eigenvalue weighted by atomic mass is 9.88. The van der Waals surface area contributed by atoms with Gasteiger partial charge in [0.2, 0.25) is 0 Å². The Morgan fingerprint density at radius 2 is 1.94 bits per heavy atom. The Bertz CT molecular complexity index is 878. The van der Waals surface area contributed by atoms with Crippen molar-refractivity contribution in [3.8, 4) is 0 Å². The summed E-state index contributed by atoms with van der Waals surface area (Å²) in [6.07, 6.45) is 6.45. The van der Waals surface area contributed by atoms with Gasteiger partial charge in [0.15, 0.2) is 6.61 Å². The van der Waals surface area contributed by atoms with Crippen LogP contribution < -0.4 is 10.6 Å². The molecule has 3 aliphatic rings. The van der Waals surface area contributed by atoms with E-state index in [1.165, 1.54) is 10.5 Å². The van der Waals surface area contributed by atoms with Gasteiger partial charge in [0.05, 0.1) is 6.04 Å². The molecule has 2 fully saturated rings. The molecule has 1 atom stereocenters. The molecule has 4 rings (SSSR count). The van der Waals surface area contributed by atoms with E-state index in [0.717, 1.165) is 37.7 Å². The second-order valence-corrected chi connectivity index (χ2v) is 8.65. The summed E-state index contributed by atoms with van der Waals surface area (Å²) in [5.74, 6) is -1.02. The van der Waals surface area contributed by atoms with Crippen LogP contribution in [-0.2, 0) is 25.5 Å². The number of aryl methyl sites for hydroxylation is 1. The van der Waals surface area contributed by atoms with Crippen molar-refractivity contribution in [1.29, 1.82) is 0 Å². The fraction of sp³-hybridized carbons (Fsp3) is 0.565. The number of hydrogen-bond donors (Lipinski definition) is 2. The average Bonchev–Trinajstić information content (AvgIpc) is 3.33. The largest absolute Gasteiger partial charge is 0.456 e. The molecule has 31 heavy (non-hydrogen) atoms. The number of carbonyl (C=O) groups excluding carboxylic acids is 4. The molecule has 0 unspecified atom stereocenters. The summed E-state index contributed by atoms with van der Waals surface area (Å²) in [6, 6.07) is 7.62. The van der Waals surface area contributed by atoms with Gasteiger partial charge in [-0.1, -0.05) is 37.1 Å². The molecule has 1 saturated carbocycles. The molecule has 1 heterocycles. The summed E-state index contributed by atoms with van der Waals surface area (Å²) in [4.78, 5) is 50.2. The van der Waals surface area contributed by atoms with E-state index < -0.39 is 11.5 Å². The maximum absolute atomic E-state index is 12.6. The number of fused-ring (bicyclic) bond motifs is 1. The first-order valence-corrected chi connectivity index (χ1v) is 11.2. The van der Waals surface area contributed by atoms with Crippen LogP contribution in [0.15, 0.2) is 24.3 Å². The first-order chi connectivity index (χ1) is 15.0. The van der Waals surface area contributed by atoms with E-state index in [1.54, 1.807) is 0 Å². The number of ether oxygens (including phenoxy) is 1. The number of rotatable bonds is 7. The first kappa shape index (κ1) is 21.3. The minimum absolute atomic E-state index is 0.0452. The predicted molar refractivity (Wildman–Crippen MR) is 112 cm³/mol. The number of nitrogens with zero attached hydrogens (tertiary/aromatic N) is 1. The first-order valence-electron chi connectivity index (χ1n) is 11.2. The van der Waals surface area contributed by atoms with Crippen molar-refractivity contribution in [2.75, 3.05) is 13.2 Å². The van der Waals surface area contributed by atoms with E-state index in [-0.39, 0.29) is 43.5 Å². The zero-order valence-electron chi connectivity index (χ0n) is 17.7. The van der Waals surface area contributed by atoms with Gasteiger partial charge in [-0.05, 0) is 49.7 Å². The molecule has 0 radical (unpaired) electrons. The van der Waals surface area contributed by atoms with Crippen LogP contribution in [0.2, 0.25) is 0 Å². The van der Waals surface area contributed by atoms with Gasteiger partial charge in [-0.2, -0.15) is 0 Å². The summed E-state index contributed by atoms with van der Waals surface area (Å²) in [5.41, 5.74) is 1.64. The maximum atomic E-state index is 12.6. The fourth-order valence-corrected chi connectivity index (χ4v) is 4.94. The van der Waals surface area contributed by atoms with Crippen molar-refractivity contribution in [3.63, 3.8) is 0 Å². The SMILES string of the molecule is O=C(COC(=O)CCCN1C(=O)NC2(CCCC2)C1=O)N[C@H]1CCCc2ccccc21. The Kier molecular flexibility index (Phi) is 6.25. The zero-order valence-corrected chi connectivity index (χ0v) is 17.7. The molecular formula is C23H29N3O5. The van der Waals surface area contributed by atoms with Gasteiger partial charge in [-0.15, -0.1) is 0 Å². The van der Waals surface area contributed by atoms with E-state index in [0.29, 0.717) is 19.3 Å². The van der Waals surface area contributed by atoms with Crippen molar-refractivity contribution in [3.05, 3.63) is 35.4 Å². The number of nitrogens with one attached hydrogen (secondary N) is 2. The summed E-state index contributed by atoms with van der Waals surface area (Å²) >= 11 is 0. The Morgan fingerprint density at radius 1 is 1.16 bits per heavy atom. The minimum atomic E-state index is -0.729. The highest BCUT2D eigenvalue weighted by Gasteiger charge is 2.52. The highest BCUT2D eigenvalue weighted by atomic mass is 16.5. The van der Waals surface area contributed by atoms with Gasteiger partial charge < -0.3 is 15.4 Å². The van der Waals surface area contributed by atoms with Crippen LogP contribution in [0.5, 0.6) is 0 Å². The Labute approximate surface area is 181 Å². The average molecular weight is 428 g/mol. The third kappa shape index (κ3) is 4.57. The highest BCUT2D eigenvalue weighted by molar-refractivity contribution is 6.07. The number of hydrogen-bond acceptors (Lipinski definition) is 5. The lowest BCUT2D eigenvalue weighted by molar-refractivity contribution is -0.149. The van der Waals surface area contributed by atoms with E-state index >= 15 is 0 Å². The number of amides is 4.